The van der Waals surface area contributed by atoms with Gasteiger partial charge in [-0.15, -0.1) is 0 Å². The van der Waals surface area contributed by atoms with Crippen molar-refractivity contribution >= 4 is 6.16 Å². The molecule has 3 nitrogen and oxygen atoms in total. The van der Waals surface area contributed by atoms with Gasteiger partial charge in [0, 0.05) is 0 Å². The molecule has 0 aromatic heterocycles. The Bertz CT molecular complexity index is 116. The molecule has 0 saturated carbocycles. The maximum absolute atomic E-state index is 11.2. The molecule has 0 aliphatic carbocycles. The average molecular weight is 150 g/mol. The number of hydrogen-bond donors (Lipinski definition) is 2. The molecule has 0 aliphatic rings. The summed E-state index contributed by atoms with van der Waals surface area (Å²) in [6, 6.07) is 0. The second-order valence-corrected chi connectivity index (χ2v) is 1.59. The van der Waals surface area contributed by atoms with Gasteiger partial charge in [-0.2, -0.15) is 0 Å². The van der Waals surface area contributed by atoms with Gasteiger partial charge in [-0.1, -0.05) is 6.92 Å². The highest BCUT2D eigenvalue weighted by atomic mass is 19.1. The Balaban J connectivity index is 0. The smallest absolute Gasteiger partial charge is 0.450 e. The molecule has 0 unspecified atom stereocenters. The maximum atomic E-state index is 11.2. The van der Waals surface area contributed by atoms with Crippen LogP contribution in [0.4, 0.5) is 9.18 Å². The van der Waals surface area contributed by atoms with Crippen molar-refractivity contribution in [3.8, 4) is 0 Å². The molecule has 0 aromatic rings. The summed E-state index contributed by atoms with van der Waals surface area (Å²) in [5.74, 6) is 0. The zero-order valence-electron chi connectivity index (χ0n) is 5.97. The van der Waals surface area contributed by atoms with E-state index in [4.69, 9.17) is 15.0 Å². The molecule has 0 atom stereocenters. The Kier molecular flexibility index (Phi) is 9.29. The molecule has 0 aliphatic heterocycles. The van der Waals surface area contributed by atoms with Crippen molar-refractivity contribution in [1.29, 1.82) is 0 Å². The first kappa shape index (κ1) is 11.7. The van der Waals surface area contributed by atoms with Gasteiger partial charge >= 0.3 is 6.16 Å². The van der Waals surface area contributed by atoms with E-state index in [1.54, 1.807) is 6.92 Å². The van der Waals surface area contributed by atoms with E-state index < -0.39 is 6.16 Å². The molecule has 0 heterocycles. The van der Waals surface area contributed by atoms with Crippen molar-refractivity contribution in [2.24, 2.45) is 0 Å². The molecule has 0 saturated heterocycles. The molecular formula is C6H11FO3. The highest BCUT2D eigenvalue weighted by Gasteiger charge is 1.76. The van der Waals surface area contributed by atoms with Crippen LogP contribution >= 0.6 is 0 Å². The lowest BCUT2D eigenvalue weighted by atomic mass is 10.3. The lowest BCUT2D eigenvalue weighted by Gasteiger charge is -1.82. The summed E-state index contributed by atoms with van der Waals surface area (Å²) in [5, 5.41) is 13.9. The molecule has 0 bridgehead atoms. The van der Waals surface area contributed by atoms with Crippen LogP contribution in [0.3, 0.4) is 0 Å². The number of halogens is 1. The van der Waals surface area contributed by atoms with Crippen LogP contribution in [-0.4, -0.2) is 16.4 Å². The quantitative estimate of drug-likeness (QED) is 0.603. The molecule has 4 heteroatoms. The first-order valence-corrected chi connectivity index (χ1v) is 2.72. The Morgan fingerprint density at radius 3 is 1.90 bits per heavy atom. The predicted molar refractivity (Wildman–Crippen MR) is 35.8 cm³/mol. The Morgan fingerprint density at radius 2 is 1.90 bits per heavy atom. The van der Waals surface area contributed by atoms with Crippen LogP contribution < -0.4 is 0 Å². The standard InChI is InChI=1S/C5H9F.CH2O3/c1-3-5(2)4-6;2-1(3)4/h4H,3H2,1-2H3;(H2,2,3,4). The van der Waals surface area contributed by atoms with Crippen LogP contribution in [0.25, 0.3) is 0 Å². The van der Waals surface area contributed by atoms with Gasteiger partial charge in [0.05, 0.1) is 6.33 Å². The molecule has 0 fully saturated rings. The molecular weight excluding hydrogens is 139 g/mol. The number of carboxylic acid groups (broad SMARTS) is 2. The minimum atomic E-state index is -1.83. The monoisotopic (exact) mass is 150 g/mol. The summed E-state index contributed by atoms with van der Waals surface area (Å²) in [5.41, 5.74) is 0.801. The third-order valence-corrected chi connectivity index (χ3v) is 0.744. The lowest BCUT2D eigenvalue weighted by Crippen LogP contribution is -1.81. The first-order chi connectivity index (χ1) is 4.54. The van der Waals surface area contributed by atoms with E-state index in [0.717, 1.165) is 12.0 Å². The van der Waals surface area contributed by atoms with E-state index in [0.29, 0.717) is 6.33 Å². The normalized spacial score (nSPS) is 9.70. The first-order valence-electron chi connectivity index (χ1n) is 2.72. The number of allylic oxidation sites excluding steroid dienone is 1. The molecule has 60 valence electrons. The van der Waals surface area contributed by atoms with Crippen molar-refractivity contribution < 1.29 is 19.4 Å². The van der Waals surface area contributed by atoms with Gasteiger partial charge in [0.25, 0.3) is 0 Å². The summed E-state index contributed by atoms with van der Waals surface area (Å²) < 4.78 is 11.2. The zero-order chi connectivity index (χ0) is 8.57. The highest BCUT2D eigenvalue weighted by molar-refractivity contribution is 5.53. The third-order valence-electron chi connectivity index (χ3n) is 0.744. The van der Waals surface area contributed by atoms with Crippen LogP contribution in [0, 0.1) is 0 Å². The van der Waals surface area contributed by atoms with E-state index in [9.17, 15) is 4.39 Å². The molecule has 0 spiro atoms. The molecule has 0 radical (unpaired) electrons. The van der Waals surface area contributed by atoms with Crippen LogP contribution in [0.15, 0.2) is 11.9 Å². The van der Waals surface area contributed by atoms with Crippen molar-refractivity contribution in [2.45, 2.75) is 20.3 Å². The fourth-order valence-corrected chi connectivity index (χ4v) is 0.0772. The number of carbonyl (C=O) groups is 1. The van der Waals surface area contributed by atoms with Crippen LogP contribution in [0.1, 0.15) is 20.3 Å². The number of hydrogen-bond acceptors (Lipinski definition) is 1. The molecule has 2 N–H and O–H groups in total. The Morgan fingerprint density at radius 1 is 1.60 bits per heavy atom. The van der Waals surface area contributed by atoms with Gasteiger partial charge in [0.1, 0.15) is 0 Å². The molecule has 10 heavy (non-hydrogen) atoms. The second-order valence-electron chi connectivity index (χ2n) is 1.59. The van der Waals surface area contributed by atoms with Gasteiger partial charge in [-0.25, -0.2) is 9.18 Å². The lowest BCUT2D eigenvalue weighted by molar-refractivity contribution is 0.137. The summed E-state index contributed by atoms with van der Waals surface area (Å²) >= 11 is 0. The SMILES string of the molecule is CCC(C)=CF.O=C(O)O. The third kappa shape index (κ3) is 28.3. The summed E-state index contributed by atoms with van der Waals surface area (Å²) in [4.78, 5) is 8.56. The van der Waals surface area contributed by atoms with Crippen LogP contribution in [0.5, 0.6) is 0 Å². The fourth-order valence-electron chi connectivity index (χ4n) is 0.0772. The molecule has 0 aromatic carbocycles. The van der Waals surface area contributed by atoms with E-state index >= 15 is 0 Å². The summed E-state index contributed by atoms with van der Waals surface area (Å²) in [7, 11) is 0. The second kappa shape index (κ2) is 7.94. The van der Waals surface area contributed by atoms with E-state index in [2.05, 4.69) is 0 Å². The van der Waals surface area contributed by atoms with E-state index in [-0.39, 0.29) is 0 Å². The van der Waals surface area contributed by atoms with Crippen LogP contribution in [-0.2, 0) is 0 Å². The minimum Gasteiger partial charge on any atom is -0.450 e. The Labute approximate surface area is 58.8 Å². The van der Waals surface area contributed by atoms with Gasteiger partial charge < -0.3 is 10.2 Å². The largest absolute Gasteiger partial charge is 0.503 e. The minimum absolute atomic E-state index is 0.639. The Hall–Kier alpha value is -1.06. The summed E-state index contributed by atoms with van der Waals surface area (Å²) in [6.45, 7) is 3.69. The fraction of sp³-hybridized carbons (Fsp3) is 0.500. The van der Waals surface area contributed by atoms with Crippen LogP contribution in [0.2, 0.25) is 0 Å². The number of rotatable bonds is 1. The van der Waals surface area contributed by atoms with Gasteiger partial charge in [-0.3, -0.25) is 0 Å². The average Bonchev–Trinajstić information content (AvgIpc) is 1.85. The van der Waals surface area contributed by atoms with E-state index in [1.165, 1.54) is 0 Å². The van der Waals surface area contributed by atoms with Crippen molar-refractivity contribution in [1.82, 2.24) is 0 Å². The van der Waals surface area contributed by atoms with Gasteiger partial charge in [0.2, 0.25) is 0 Å². The topological polar surface area (TPSA) is 57.5 Å². The highest BCUT2D eigenvalue weighted by Crippen LogP contribution is 1.95. The van der Waals surface area contributed by atoms with Crippen molar-refractivity contribution in [2.75, 3.05) is 0 Å². The molecule has 0 amide bonds. The summed E-state index contributed by atoms with van der Waals surface area (Å²) in [6.07, 6.45) is -0.378. The van der Waals surface area contributed by atoms with Crippen molar-refractivity contribution in [3.63, 3.8) is 0 Å². The maximum Gasteiger partial charge on any atom is 0.503 e. The van der Waals surface area contributed by atoms with E-state index in [1.807, 2.05) is 6.92 Å². The van der Waals surface area contributed by atoms with Gasteiger partial charge in [-0.05, 0) is 18.9 Å². The van der Waals surface area contributed by atoms with Gasteiger partial charge in [0.15, 0.2) is 0 Å². The predicted octanol–water partition coefficient (Wildman–Crippen LogP) is 2.49. The zero-order valence-corrected chi connectivity index (χ0v) is 5.97. The van der Waals surface area contributed by atoms with Crippen molar-refractivity contribution in [3.05, 3.63) is 11.9 Å². The molecule has 0 rings (SSSR count).